The molecule has 5 rings (SSSR count). The minimum Gasteiger partial charge on any atom is -0.316 e. The van der Waals surface area contributed by atoms with Crippen LogP contribution in [-0.2, 0) is 0 Å². The Labute approximate surface area is 112 Å². The van der Waals surface area contributed by atoms with Crippen LogP contribution in [0, 0.1) is 28.6 Å². The smallest absolute Gasteiger partial charge is 0.00130 e. The molecule has 0 aromatic carbocycles. The molecule has 4 bridgehead atoms. The number of hydrogen-bond donors (Lipinski definition) is 1. The van der Waals surface area contributed by atoms with Crippen LogP contribution in [0.25, 0.3) is 0 Å². The maximum absolute atomic E-state index is 3.75. The van der Waals surface area contributed by atoms with Crippen molar-refractivity contribution >= 4 is 0 Å². The Kier molecular flexibility index (Phi) is 2.60. The average Bonchev–Trinajstić information content (AvgIpc) is 2.38. The van der Waals surface area contributed by atoms with Gasteiger partial charge in [-0.15, -0.1) is 0 Å². The van der Waals surface area contributed by atoms with Gasteiger partial charge in [0.1, 0.15) is 0 Å². The molecular weight excluding hydrogens is 218 g/mol. The highest BCUT2D eigenvalue weighted by molar-refractivity contribution is 5.10. The molecule has 0 aromatic rings. The van der Waals surface area contributed by atoms with Crippen LogP contribution in [0.5, 0.6) is 0 Å². The second kappa shape index (κ2) is 3.98. The van der Waals surface area contributed by atoms with E-state index in [1.54, 1.807) is 38.5 Å². The van der Waals surface area contributed by atoms with Gasteiger partial charge in [-0.25, -0.2) is 0 Å². The quantitative estimate of drug-likeness (QED) is 0.778. The number of piperidine rings is 1. The van der Waals surface area contributed by atoms with Crippen molar-refractivity contribution in [2.24, 2.45) is 28.6 Å². The van der Waals surface area contributed by atoms with Crippen molar-refractivity contribution in [2.45, 2.75) is 64.7 Å². The largest absolute Gasteiger partial charge is 0.316 e. The highest BCUT2D eigenvalue weighted by Crippen LogP contribution is 2.67. The molecule has 0 spiro atoms. The fourth-order valence-electron chi connectivity index (χ4n) is 6.86. The van der Waals surface area contributed by atoms with Gasteiger partial charge in [-0.3, -0.25) is 0 Å². The second-order valence-corrected chi connectivity index (χ2v) is 8.11. The van der Waals surface area contributed by atoms with E-state index in [0.29, 0.717) is 5.41 Å². The molecule has 4 aliphatic carbocycles. The molecule has 18 heavy (non-hydrogen) atoms. The lowest BCUT2D eigenvalue weighted by Gasteiger charge is -2.65. The van der Waals surface area contributed by atoms with E-state index in [0.717, 1.165) is 23.2 Å². The van der Waals surface area contributed by atoms with Crippen molar-refractivity contribution in [1.29, 1.82) is 0 Å². The Balaban J connectivity index is 1.69. The zero-order valence-electron chi connectivity index (χ0n) is 12.0. The first kappa shape index (κ1) is 11.8. The second-order valence-electron chi connectivity index (χ2n) is 8.11. The summed E-state index contributed by atoms with van der Waals surface area (Å²) in [6.45, 7) is 5.08. The standard InChI is InChI=1S/C17H29N/c1-2-16(4-3-5-18-12-16)17-9-13-6-14(10-17)8-15(7-13)11-17/h13-15,18H,2-12H2,1H3. The third-order valence-electron chi connectivity index (χ3n) is 7.31. The molecule has 4 saturated carbocycles. The van der Waals surface area contributed by atoms with Gasteiger partial charge in [0.2, 0.25) is 0 Å². The zero-order valence-corrected chi connectivity index (χ0v) is 12.0. The Morgan fingerprint density at radius 1 is 1.00 bits per heavy atom. The summed E-state index contributed by atoms with van der Waals surface area (Å²) in [6.07, 6.45) is 13.9. The van der Waals surface area contributed by atoms with E-state index >= 15 is 0 Å². The van der Waals surface area contributed by atoms with Gasteiger partial charge in [-0.2, -0.15) is 0 Å². The number of rotatable bonds is 2. The van der Waals surface area contributed by atoms with Crippen LogP contribution in [0.15, 0.2) is 0 Å². The summed E-state index contributed by atoms with van der Waals surface area (Å²) in [4.78, 5) is 0. The van der Waals surface area contributed by atoms with Crippen molar-refractivity contribution < 1.29 is 0 Å². The Morgan fingerprint density at radius 3 is 2.06 bits per heavy atom. The lowest BCUT2D eigenvalue weighted by atomic mass is 9.41. The highest BCUT2D eigenvalue weighted by atomic mass is 14.9. The van der Waals surface area contributed by atoms with Crippen molar-refractivity contribution in [3.63, 3.8) is 0 Å². The third kappa shape index (κ3) is 1.49. The molecule has 1 heterocycles. The predicted molar refractivity (Wildman–Crippen MR) is 75.4 cm³/mol. The molecule has 0 radical (unpaired) electrons. The Bertz CT molecular complexity index is 291. The van der Waals surface area contributed by atoms with E-state index in [1.807, 2.05) is 0 Å². The van der Waals surface area contributed by atoms with Crippen molar-refractivity contribution in [3.8, 4) is 0 Å². The molecule has 5 fully saturated rings. The SMILES string of the molecule is CCC1(C23CC4CC(CC(C4)C2)C3)CCCNC1. The first-order valence-electron chi connectivity index (χ1n) is 8.46. The molecule has 1 unspecified atom stereocenters. The van der Waals surface area contributed by atoms with E-state index < -0.39 is 0 Å². The van der Waals surface area contributed by atoms with Gasteiger partial charge in [0.05, 0.1) is 0 Å². The highest BCUT2D eigenvalue weighted by Gasteiger charge is 2.59. The maximum atomic E-state index is 3.75. The summed E-state index contributed by atoms with van der Waals surface area (Å²) in [7, 11) is 0. The van der Waals surface area contributed by atoms with E-state index in [-0.39, 0.29) is 0 Å². The van der Waals surface area contributed by atoms with E-state index in [1.165, 1.54) is 32.4 Å². The van der Waals surface area contributed by atoms with Gasteiger partial charge < -0.3 is 5.32 Å². The summed E-state index contributed by atoms with van der Waals surface area (Å²) in [5, 5.41) is 3.75. The maximum Gasteiger partial charge on any atom is 0.00130 e. The van der Waals surface area contributed by atoms with Gasteiger partial charge in [0.15, 0.2) is 0 Å². The summed E-state index contributed by atoms with van der Waals surface area (Å²) in [5.74, 6) is 3.34. The average molecular weight is 247 g/mol. The first-order chi connectivity index (χ1) is 8.75. The summed E-state index contributed by atoms with van der Waals surface area (Å²) >= 11 is 0. The molecule has 1 nitrogen and oxygen atoms in total. The van der Waals surface area contributed by atoms with Gasteiger partial charge in [-0.1, -0.05) is 6.92 Å². The van der Waals surface area contributed by atoms with Gasteiger partial charge >= 0.3 is 0 Å². The number of hydrogen-bond acceptors (Lipinski definition) is 1. The molecule has 102 valence electrons. The van der Waals surface area contributed by atoms with Crippen LogP contribution in [0.4, 0.5) is 0 Å². The molecule has 1 heteroatoms. The first-order valence-corrected chi connectivity index (χ1v) is 8.46. The Hall–Kier alpha value is -0.0400. The third-order valence-corrected chi connectivity index (χ3v) is 7.31. The molecule has 1 aliphatic heterocycles. The lowest BCUT2D eigenvalue weighted by Crippen LogP contribution is -2.59. The van der Waals surface area contributed by atoms with Crippen LogP contribution in [0.3, 0.4) is 0 Å². The van der Waals surface area contributed by atoms with Gasteiger partial charge in [-0.05, 0) is 92.9 Å². The van der Waals surface area contributed by atoms with Crippen molar-refractivity contribution in [1.82, 2.24) is 5.32 Å². The topological polar surface area (TPSA) is 12.0 Å². The molecule has 1 saturated heterocycles. The van der Waals surface area contributed by atoms with Crippen LogP contribution >= 0.6 is 0 Å². The van der Waals surface area contributed by atoms with Crippen LogP contribution < -0.4 is 5.32 Å². The van der Waals surface area contributed by atoms with Gasteiger partial charge in [0, 0.05) is 6.54 Å². The van der Waals surface area contributed by atoms with E-state index in [4.69, 9.17) is 0 Å². The molecular formula is C17H29N. The minimum atomic E-state index is 0.668. The fraction of sp³-hybridized carbons (Fsp3) is 1.00. The molecule has 5 aliphatic rings. The fourth-order valence-corrected chi connectivity index (χ4v) is 6.86. The number of nitrogens with one attached hydrogen (secondary N) is 1. The van der Waals surface area contributed by atoms with E-state index in [2.05, 4.69) is 12.2 Å². The van der Waals surface area contributed by atoms with Crippen LogP contribution in [0.1, 0.15) is 64.7 Å². The molecule has 0 amide bonds. The summed E-state index contributed by atoms with van der Waals surface area (Å²) in [5.41, 5.74) is 1.42. The van der Waals surface area contributed by atoms with Crippen molar-refractivity contribution in [2.75, 3.05) is 13.1 Å². The van der Waals surface area contributed by atoms with Crippen molar-refractivity contribution in [3.05, 3.63) is 0 Å². The van der Waals surface area contributed by atoms with Crippen LogP contribution in [0.2, 0.25) is 0 Å². The Morgan fingerprint density at radius 2 is 1.61 bits per heavy atom. The zero-order chi connectivity index (χ0) is 12.2. The van der Waals surface area contributed by atoms with E-state index in [9.17, 15) is 0 Å². The molecule has 1 N–H and O–H groups in total. The summed E-state index contributed by atoms with van der Waals surface area (Å²) in [6, 6.07) is 0. The predicted octanol–water partition coefficient (Wildman–Crippen LogP) is 3.98. The minimum absolute atomic E-state index is 0.668. The normalized spacial score (nSPS) is 54.8. The van der Waals surface area contributed by atoms with Crippen LogP contribution in [-0.4, -0.2) is 13.1 Å². The monoisotopic (exact) mass is 247 g/mol. The molecule has 0 aromatic heterocycles. The lowest BCUT2D eigenvalue weighted by molar-refractivity contribution is -0.141. The summed E-state index contributed by atoms with van der Waals surface area (Å²) < 4.78 is 0. The molecule has 1 atom stereocenters. The van der Waals surface area contributed by atoms with Gasteiger partial charge in [0.25, 0.3) is 0 Å².